The van der Waals surface area contributed by atoms with E-state index >= 15 is 0 Å². The van der Waals surface area contributed by atoms with Crippen molar-refractivity contribution in [3.63, 3.8) is 0 Å². The Balaban J connectivity index is 2.16. The van der Waals surface area contributed by atoms with E-state index in [0.717, 1.165) is 5.56 Å². The molecule has 1 N–H and O–H groups in total. The van der Waals surface area contributed by atoms with Crippen LogP contribution in [0.15, 0.2) is 41.5 Å². The highest BCUT2D eigenvalue weighted by atomic mass is 16.5. The predicted octanol–water partition coefficient (Wildman–Crippen LogP) is 2.94. The highest BCUT2D eigenvalue weighted by Crippen LogP contribution is 2.15. The molecule has 1 aromatic heterocycles. The number of benzene rings is 1. The van der Waals surface area contributed by atoms with E-state index in [2.05, 4.69) is 15.0 Å². The third kappa shape index (κ3) is 3.82. The summed E-state index contributed by atoms with van der Waals surface area (Å²) >= 11 is 0. The Morgan fingerprint density at radius 3 is 2.73 bits per heavy atom. The predicted molar refractivity (Wildman–Crippen MR) is 83.9 cm³/mol. The molecule has 22 heavy (non-hydrogen) atoms. The summed E-state index contributed by atoms with van der Waals surface area (Å²) in [6.07, 6.45) is 2.87. The summed E-state index contributed by atoms with van der Waals surface area (Å²) in [7, 11) is 0. The minimum absolute atomic E-state index is 0.0626. The Hall–Kier alpha value is -2.89. The second-order valence-electron chi connectivity index (χ2n) is 4.50. The van der Waals surface area contributed by atoms with Gasteiger partial charge in [-0.1, -0.05) is 30.3 Å². The smallest absolute Gasteiger partial charge is 0.358 e. The van der Waals surface area contributed by atoms with Gasteiger partial charge in [0.25, 0.3) is 0 Å². The molecule has 1 heterocycles. The molecular formula is C16H16N4O2. The van der Waals surface area contributed by atoms with E-state index in [-0.39, 0.29) is 23.7 Å². The third-order valence-corrected chi connectivity index (χ3v) is 2.78. The number of rotatable bonds is 5. The van der Waals surface area contributed by atoms with Gasteiger partial charge in [0.2, 0.25) is 0 Å². The molecule has 1 aromatic carbocycles. The van der Waals surface area contributed by atoms with Gasteiger partial charge >= 0.3 is 5.97 Å². The molecule has 0 bridgehead atoms. The first-order valence-electron chi connectivity index (χ1n) is 6.74. The van der Waals surface area contributed by atoms with Gasteiger partial charge < -0.3 is 10.1 Å². The van der Waals surface area contributed by atoms with Gasteiger partial charge in [0.05, 0.1) is 11.9 Å². The van der Waals surface area contributed by atoms with Gasteiger partial charge in [-0.3, -0.25) is 0 Å². The third-order valence-electron chi connectivity index (χ3n) is 2.78. The van der Waals surface area contributed by atoms with Crippen LogP contribution >= 0.6 is 0 Å². The first kappa shape index (κ1) is 15.5. The van der Waals surface area contributed by atoms with Crippen molar-refractivity contribution in [3.05, 3.63) is 53.5 Å². The lowest BCUT2D eigenvalue weighted by molar-refractivity contribution is 0.0465. The molecule has 6 nitrogen and oxygen atoms in total. The first-order chi connectivity index (χ1) is 10.6. The van der Waals surface area contributed by atoms with Gasteiger partial charge in [0, 0.05) is 6.21 Å². The van der Waals surface area contributed by atoms with Crippen molar-refractivity contribution in [2.24, 2.45) is 4.99 Å². The van der Waals surface area contributed by atoms with Gasteiger partial charge in [0.1, 0.15) is 12.3 Å². The van der Waals surface area contributed by atoms with Gasteiger partial charge in [0.15, 0.2) is 11.5 Å². The summed E-state index contributed by atoms with van der Waals surface area (Å²) in [6.45, 7) is 3.47. The summed E-state index contributed by atoms with van der Waals surface area (Å²) in [5.41, 5.74) is 1.41. The molecule has 0 atom stereocenters. The van der Waals surface area contributed by atoms with Gasteiger partial charge in [-0.15, -0.1) is 0 Å². The van der Waals surface area contributed by atoms with E-state index in [1.54, 1.807) is 20.1 Å². The number of esters is 1. The quantitative estimate of drug-likeness (QED) is 0.678. The lowest BCUT2D eigenvalue weighted by atomic mass is 10.2. The highest BCUT2D eigenvalue weighted by Gasteiger charge is 2.15. The standard InChI is InChI=1S/C16H16N4O2/c1-3-18-15-14(11(2)17)20-13(9-19-15)16(21)22-10-12-7-5-4-6-8-12/h3-9,17H,10H2,1-2H3. The SMILES string of the molecule is CC=Nc1ncc(C(=O)OCc2ccccc2)nc1C(C)=N. The van der Waals surface area contributed by atoms with Gasteiger partial charge in [-0.05, 0) is 19.4 Å². The number of nitrogens with zero attached hydrogens (tertiary/aromatic N) is 3. The van der Waals surface area contributed by atoms with Crippen LogP contribution in [0.4, 0.5) is 5.82 Å². The molecule has 0 spiro atoms. The van der Waals surface area contributed by atoms with Crippen molar-refractivity contribution in [1.29, 1.82) is 5.41 Å². The summed E-state index contributed by atoms with van der Waals surface area (Å²) in [4.78, 5) is 24.3. The Kier molecular flexibility index (Phi) is 5.08. The van der Waals surface area contributed by atoms with Crippen molar-refractivity contribution in [1.82, 2.24) is 9.97 Å². The van der Waals surface area contributed by atoms with Crippen LogP contribution in [0.1, 0.15) is 35.6 Å². The lowest BCUT2D eigenvalue weighted by Gasteiger charge is -2.07. The number of hydrogen-bond donors (Lipinski definition) is 1. The molecule has 112 valence electrons. The van der Waals surface area contributed by atoms with Crippen LogP contribution in [0, 0.1) is 5.41 Å². The Labute approximate surface area is 128 Å². The largest absolute Gasteiger partial charge is 0.456 e. The van der Waals surface area contributed by atoms with Gasteiger partial charge in [-0.25, -0.2) is 19.8 Å². The maximum absolute atomic E-state index is 12.0. The van der Waals surface area contributed by atoms with Crippen LogP contribution in [-0.4, -0.2) is 27.9 Å². The Morgan fingerprint density at radius 2 is 2.09 bits per heavy atom. The van der Waals surface area contributed by atoms with Crippen LogP contribution in [0.3, 0.4) is 0 Å². The van der Waals surface area contributed by atoms with Crippen LogP contribution in [0.2, 0.25) is 0 Å². The van der Waals surface area contributed by atoms with Crippen molar-refractivity contribution in [2.45, 2.75) is 20.5 Å². The van der Waals surface area contributed by atoms with Crippen LogP contribution in [0.5, 0.6) is 0 Å². The molecule has 2 aromatic rings. The minimum Gasteiger partial charge on any atom is -0.456 e. The average Bonchev–Trinajstić information content (AvgIpc) is 2.54. The molecule has 0 radical (unpaired) electrons. The highest BCUT2D eigenvalue weighted by molar-refractivity contribution is 5.99. The van der Waals surface area contributed by atoms with E-state index in [4.69, 9.17) is 10.1 Å². The maximum atomic E-state index is 12.0. The van der Waals surface area contributed by atoms with Crippen LogP contribution < -0.4 is 0 Å². The Morgan fingerprint density at radius 1 is 1.36 bits per heavy atom. The molecule has 0 aliphatic rings. The molecule has 0 unspecified atom stereocenters. The van der Waals surface area contributed by atoms with E-state index in [1.165, 1.54) is 6.20 Å². The molecule has 0 saturated heterocycles. The number of nitrogens with one attached hydrogen (secondary N) is 1. The van der Waals surface area contributed by atoms with Crippen LogP contribution in [0.25, 0.3) is 0 Å². The fraction of sp³-hybridized carbons (Fsp3) is 0.188. The van der Waals surface area contributed by atoms with Gasteiger partial charge in [-0.2, -0.15) is 0 Å². The summed E-state index contributed by atoms with van der Waals surface area (Å²) < 4.78 is 5.20. The summed E-state index contributed by atoms with van der Waals surface area (Å²) in [5, 5.41) is 7.70. The van der Waals surface area contributed by atoms with Crippen molar-refractivity contribution in [2.75, 3.05) is 0 Å². The first-order valence-corrected chi connectivity index (χ1v) is 6.74. The number of ether oxygens (including phenoxy) is 1. The fourth-order valence-corrected chi connectivity index (χ4v) is 1.75. The lowest BCUT2D eigenvalue weighted by Crippen LogP contribution is -2.11. The molecule has 0 amide bonds. The Bertz CT molecular complexity index is 711. The van der Waals surface area contributed by atoms with Crippen molar-refractivity contribution < 1.29 is 9.53 Å². The van der Waals surface area contributed by atoms with E-state index in [1.807, 2.05) is 30.3 Å². The molecular weight excluding hydrogens is 280 g/mol. The summed E-state index contributed by atoms with van der Waals surface area (Å²) in [6, 6.07) is 9.37. The normalized spacial score (nSPS) is 10.6. The summed E-state index contributed by atoms with van der Waals surface area (Å²) in [5.74, 6) is -0.263. The minimum atomic E-state index is -0.578. The van der Waals surface area contributed by atoms with E-state index in [0.29, 0.717) is 5.82 Å². The van der Waals surface area contributed by atoms with Crippen molar-refractivity contribution in [3.8, 4) is 0 Å². The monoisotopic (exact) mass is 296 g/mol. The van der Waals surface area contributed by atoms with E-state index in [9.17, 15) is 4.79 Å². The average molecular weight is 296 g/mol. The maximum Gasteiger partial charge on any atom is 0.358 e. The molecule has 0 aliphatic heterocycles. The number of aliphatic imine (C=N–C) groups is 1. The van der Waals surface area contributed by atoms with Crippen LogP contribution in [-0.2, 0) is 11.3 Å². The molecule has 2 rings (SSSR count). The zero-order chi connectivity index (χ0) is 15.9. The number of carbonyl (C=O) groups is 1. The number of aromatic nitrogens is 2. The second-order valence-corrected chi connectivity index (χ2v) is 4.50. The number of carbonyl (C=O) groups excluding carboxylic acids is 1. The van der Waals surface area contributed by atoms with Crippen molar-refractivity contribution >= 4 is 23.7 Å². The zero-order valence-corrected chi connectivity index (χ0v) is 12.4. The zero-order valence-electron chi connectivity index (χ0n) is 12.4. The molecule has 6 heteroatoms. The molecule has 0 aliphatic carbocycles. The topological polar surface area (TPSA) is 88.3 Å². The fourth-order valence-electron chi connectivity index (χ4n) is 1.75. The molecule has 0 saturated carbocycles. The van der Waals surface area contributed by atoms with E-state index < -0.39 is 5.97 Å². The second kappa shape index (κ2) is 7.21. The molecule has 0 fully saturated rings. The number of hydrogen-bond acceptors (Lipinski definition) is 6.